The molecule has 0 saturated carbocycles. The SMILES string of the molecule is CCNC(=NCC(C)c1ccc(F)cc1F)NCCCN1CCCC1=O. The van der Waals surface area contributed by atoms with Gasteiger partial charge in [-0.1, -0.05) is 13.0 Å². The van der Waals surface area contributed by atoms with Gasteiger partial charge in [0.25, 0.3) is 0 Å². The molecule has 0 radical (unpaired) electrons. The van der Waals surface area contributed by atoms with E-state index in [-0.39, 0.29) is 11.8 Å². The van der Waals surface area contributed by atoms with E-state index in [4.69, 9.17) is 0 Å². The van der Waals surface area contributed by atoms with Gasteiger partial charge in [0.2, 0.25) is 5.91 Å². The fourth-order valence-corrected chi connectivity index (χ4v) is 2.99. The van der Waals surface area contributed by atoms with Gasteiger partial charge in [0.15, 0.2) is 5.96 Å². The van der Waals surface area contributed by atoms with E-state index in [1.807, 2.05) is 18.7 Å². The molecule has 0 aliphatic carbocycles. The topological polar surface area (TPSA) is 56.7 Å². The number of carbonyl (C=O) groups is 1. The maximum absolute atomic E-state index is 13.8. The molecular formula is C19H28F2N4O. The Morgan fingerprint density at radius 3 is 2.81 bits per heavy atom. The van der Waals surface area contributed by atoms with Crippen LogP contribution < -0.4 is 10.6 Å². The van der Waals surface area contributed by atoms with Crippen LogP contribution in [0.2, 0.25) is 0 Å². The van der Waals surface area contributed by atoms with Crippen LogP contribution in [0.4, 0.5) is 8.78 Å². The van der Waals surface area contributed by atoms with Gasteiger partial charge in [-0.15, -0.1) is 0 Å². The highest BCUT2D eigenvalue weighted by atomic mass is 19.1. The van der Waals surface area contributed by atoms with Crippen molar-refractivity contribution >= 4 is 11.9 Å². The van der Waals surface area contributed by atoms with Crippen molar-refractivity contribution in [3.05, 3.63) is 35.4 Å². The van der Waals surface area contributed by atoms with Crippen LogP contribution in [-0.2, 0) is 4.79 Å². The van der Waals surface area contributed by atoms with E-state index in [0.29, 0.717) is 31.0 Å². The number of guanidine groups is 1. The van der Waals surface area contributed by atoms with Crippen molar-refractivity contribution in [2.75, 3.05) is 32.7 Å². The Balaban J connectivity index is 1.82. The number of hydrogen-bond donors (Lipinski definition) is 2. The molecule has 144 valence electrons. The molecule has 2 N–H and O–H groups in total. The van der Waals surface area contributed by atoms with Crippen molar-refractivity contribution in [3.8, 4) is 0 Å². The summed E-state index contributed by atoms with van der Waals surface area (Å²) in [5, 5.41) is 6.39. The molecule has 2 rings (SSSR count). The Morgan fingerprint density at radius 2 is 2.15 bits per heavy atom. The van der Waals surface area contributed by atoms with Crippen LogP contribution in [0.1, 0.15) is 44.6 Å². The second-order valence-electron chi connectivity index (χ2n) is 6.55. The quantitative estimate of drug-likeness (QED) is 0.422. The molecule has 1 aromatic rings. The standard InChI is InChI=1S/C19H28F2N4O/c1-3-22-19(23-9-5-11-25-10-4-6-18(25)26)24-13-14(2)16-8-7-15(20)12-17(16)21/h7-8,12,14H,3-6,9-11,13H2,1-2H3,(H2,22,23,24). The van der Waals surface area contributed by atoms with Gasteiger partial charge in [0, 0.05) is 51.1 Å². The molecule has 1 heterocycles. The normalized spacial score (nSPS) is 16.1. The van der Waals surface area contributed by atoms with E-state index < -0.39 is 11.6 Å². The molecular weight excluding hydrogens is 338 g/mol. The molecule has 1 atom stereocenters. The average molecular weight is 366 g/mol. The van der Waals surface area contributed by atoms with E-state index in [0.717, 1.165) is 38.5 Å². The number of halogens is 2. The van der Waals surface area contributed by atoms with Gasteiger partial charge in [0.1, 0.15) is 11.6 Å². The first kappa shape index (κ1) is 20.1. The molecule has 1 saturated heterocycles. The second kappa shape index (κ2) is 10.1. The van der Waals surface area contributed by atoms with Gasteiger partial charge < -0.3 is 15.5 Å². The number of benzene rings is 1. The van der Waals surface area contributed by atoms with Crippen molar-refractivity contribution in [3.63, 3.8) is 0 Å². The molecule has 1 aliphatic rings. The maximum Gasteiger partial charge on any atom is 0.222 e. The molecule has 0 spiro atoms. The number of aliphatic imine (C=N–C) groups is 1. The highest BCUT2D eigenvalue weighted by Crippen LogP contribution is 2.20. The molecule has 0 bridgehead atoms. The zero-order valence-corrected chi connectivity index (χ0v) is 15.5. The first-order valence-corrected chi connectivity index (χ1v) is 9.26. The smallest absolute Gasteiger partial charge is 0.222 e. The molecule has 5 nitrogen and oxygen atoms in total. The molecule has 1 fully saturated rings. The molecule has 1 aliphatic heterocycles. The summed E-state index contributed by atoms with van der Waals surface area (Å²) in [5.74, 6) is -0.377. The van der Waals surface area contributed by atoms with E-state index in [1.165, 1.54) is 12.1 Å². The largest absolute Gasteiger partial charge is 0.357 e. The summed E-state index contributed by atoms with van der Waals surface area (Å²) in [6.45, 7) is 7.26. The third-order valence-electron chi connectivity index (χ3n) is 4.43. The predicted molar refractivity (Wildman–Crippen MR) is 99.2 cm³/mol. The number of nitrogens with one attached hydrogen (secondary N) is 2. The number of nitrogens with zero attached hydrogens (tertiary/aromatic N) is 2. The Hall–Kier alpha value is -2.18. The summed E-state index contributed by atoms with van der Waals surface area (Å²) in [6, 6.07) is 3.64. The summed E-state index contributed by atoms with van der Waals surface area (Å²) in [6.07, 6.45) is 2.46. The lowest BCUT2D eigenvalue weighted by Crippen LogP contribution is -2.39. The minimum Gasteiger partial charge on any atom is -0.357 e. The van der Waals surface area contributed by atoms with Crippen LogP contribution in [0.3, 0.4) is 0 Å². The maximum atomic E-state index is 13.8. The minimum atomic E-state index is -0.576. The van der Waals surface area contributed by atoms with Crippen LogP contribution in [0, 0.1) is 11.6 Å². The van der Waals surface area contributed by atoms with Gasteiger partial charge in [-0.2, -0.15) is 0 Å². The summed E-state index contributed by atoms with van der Waals surface area (Å²) >= 11 is 0. The van der Waals surface area contributed by atoms with Crippen molar-refractivity contribution in [1.29, 1.82) is 0 Å². The predicted octanol–water partition coefficient (Wildman–Crippen LogP) is 2.64. The molecule has 26 heavy (non-hydrogen) atoms. The Labute approximate surface area is 153 Å². The van der Waals surface area contributed by atoms with E-state index in [9.17, 15) is 13.6 Å². The second-order valence-corrected chi connectivity index (χ2v) is 6.55. The van der Waals surface area contributed by atoms with E-state index >= 15 is 0 Å². The van der Waals surface area contributed by atoms with Crippen LogP contribution >= 0.6 is 0 Å². The van der Waals surface area contributed by atoms with Crippen molar-refractivity contribution in [2.24, 2.45) is 4.99 Å². The lowest BCUT2D eigenvalue weighted by molar-refractivity contribution is -0.127. The third-order valence-corrected chi connectivity index (χ3v) is 4.43. The van der Waals surface area contributed by atoms with Gasteiger partial charge >= 0.3 is 0 Å². The van der Waals surface area contributed by atoms with Gasteiger partial charge in [0.05, 0.1) is 0 Å². The van der Waals surface area contributed by atoms with Crippen LogP contribution in [0.25, 0.3) is 0 Å². The van der Waals surface area contributed by atoms with Crippen molar-refractivity contribution in [1.82, 2.24) is 15.5 Å². The molecule has 0 aromatic heterocycles. The summed E-state index contributed by atoms with van der Waals surface area (Å²) in [5.41, 5.74) is 0.457. The van der Waals surface area contributed by atoms with Crippen LogP contribution in [0.5, 0.6) is 0 Å². The molecule has 1 aromatic carbocycles. The van der Waals surface area contributed by atoms with E-state index in [1.54, 1.807) is 0 Å². The Bertz CT molecular complexity index is 636. The van der Waals surface area contributed by atoms with Crippen molar-refractivity contribution in [2.45, 2.75) is 39.0 Å². The van der Waals surface area contributed by atoms with E-state index in [2.05, 4.69) is 15.6 Å². The van der Waals surface area contributed by atoms with Crippen molar-refractivity contribution < 1.29 is 13.6 Å². The molecule has 1 amide bonds. The fourth-order valence-electron chi connectivity index (χ4n) is 2.99. The number of rotatable bonds is 8. The molecule has 1 unspecified atom stereocenters. The number of likely N-dealkylation sites (tertiary alicyclic amines) is 1. The van der Waals surface area contributed by atoms with Crippen LogP contribution in [-0.4, -0.2) is 49.5 Å². The van der Waals surface area contributed by atoms with Crippen LogP contribution in [0.15, 0.2) is 23.2 Å². The fraction of sp³-hybridized carbons (Fsp3) is 0.579. The first-order chi connectivity index (χ1) is 12.5. The zero-order valence-electron chi connectivity index (χ0n) is 15.5. The first-order valence-electron chi connectivity index (χ1n) is 9.26. The monoisotopic (exact) mass is 366 g/mol. The lowest BCUT2D eigenvalue weighted by Gasteiger charge is -2.17. The highest BCUT2D eigenvalue weighted by molar-refractivity contribution is 5.80. The Kier molecular flexibility index (Phi) is 7.81. The van der Waals surface area contributed by atoms with Gasteiger partial charge in [-0.05, 0) is 31.4 Å². The Morgan fingerprint density at radius 1 is 1.35 bits per heavy atom. The number of carbonyl (C=O) groups excluding carboxylic acids is 1. The average Bonchev–Trinajstić information content (AvgIpc) is 3.01. The highest BCUT2D eigenvalue weighted by Gasteiger charge is 2.19. The summed E-state index contributed by atoms with van der Waals surface area (Å²) < 4.78 is 26.9. The number of amides is 1. The molecule has 7 heteroatoms. The van der Waals surface area contributed by atoms with Gasteiger partial charge in [-0.3, -0.25) is 9.79 Å². The summed E-state index contributed by atoms with van der Waals surface area (Å²) in [4.78, 5) is 18.0. The summed E-state index contributed by atoms with van der Waals surface area (Å²) in [7, 11) is 0. The third kappa shape index (κ3) is 5.97. The zero-order chi connectivity index (χ0) is 18.9. The minimum absolute atomic E-state index is 0.159. The number of hydrogen-bond acceptors (Lipinski definition) is 2. The lowest BCUT2D eigenvalue weighted by atomic mass is 10.0. The van der Waals surface area contributed by atoms with Gasteiger partial charge in [-0.25, -0.2) is 8.78 Å².